The average Bonchev–Trinajstić information content (AvgIpc) is 2.31. The van der Waals surface area contributed by atoms with Gasteiger partial charge in [0.25, 0.3) is 0 Å². The number of aromatic nitrogens is 3. The molecule has 1 aliphatic rings. The van der Waals surface area contributed by atoms with Gasteiger partial charge in [0.05, 0.1) is 0 Å². The van der Waals surface area contributed by atoms with Gasteiger partial charge in [-0.15, -0.1) is 0 Å². The molecule has 0 atom stereocenters. The van der Waals surface area contributed by atoms with Crippen molar-refractivity contribution >= 4 is 0 Å². The molecule has 1 aromatic heterocycles. The molecule has 0 bridgehead atoms. The van der Waals surface area contributed by atoms with Gasteiger partial charge < -0.3 is 0 Å². The lowest BCUT2D eigenvalue weighted by atomic mass is 10.2. The molecule has 10 heavy (non-hydrogen) atoms. The molecule has 0 N–H and O–H groups in total. The third-order valence-corrected chi connectivity index (χ3v) is 1.71. The first kappa shape index (κ1) is 4.11. The Hall–Kier alpha value is -0.860. The van der Waals surface area contributed by atoms with Crippen molar-refractivity contribution in [2.24, 2.45) is 0 Å². The van der Waals surface area contributed by atoms with Gasteiger partial charge in [-0.3, -0.25) is 4.68 Å². The maximum Gasteiger partial charge on any atom is 0.138 e. The second-order valence-corrected chi connectivity index (χ2v) is 2.44. The monoisotopic (exact) mass is 139 g/mol. The zero-order valence-corrected chi connectivity index (χ0v) is 5.75. The van der Waals surface area contributed by atoms with E-state index in [4.69, 9.17) is 2.74 Å². The molecule has 0 unspecified atom stereocenters. The Bertz CT molecular complexity index is 282. The number of nitrogens with zero attached hydrogens (tertiary/aromatic N) is 3. The van der Waals surface area contributed by atoms with E-state index in [1.54, 1.807) is 4.68 Å². The number of aryl methyl sites for hydroxylation is 2. The van der Waals surface area contributed by atoms with Crippen LogP contribution in [0.2, 0.25) is 0 Å². The van der Waals surface area contributed by atoms with E-state index in [9.17, 15) is 0 Å². The van der Waals surface area contributed by atoms with Gasteiger partial charge in [0, 0.05) is 15.7 Å². The molecule has 54 valence electrons. The Morgan fingerprint density at radius 2 is 2.60 bits per heavy atom. The van der Waals surface area contributed by atoms with Crippen LogP contribution in [0.3, 0.4) is 0 Å². The van der Waals surface area contributed by atoms with Crippen LogP contribution in [0.25, 0.3) is 0 Å². The van der Waals surface area contributed by atoms with Crippen LogP contribution >= 0.6 is 0 Å². The van der Waals surface area contributed by atoms with Gasteiger partial charge in [-0.05, 0) is 12.8 Å². The van der Waals surface area contributed by atoms with E-state index in [0.717, 1.165) is 18.7 Å². The summed E-state index contributed by atoms with van der Waals surface area (Å²) in [5, 5.41) is 3.98. The molecule has 0 fully saturated rings. The van der Waals surface area contributed by atoms with Crippen molar-refractivity contribution < 1.29 is 2.74 Å². The Morgan fingerprint density at radius 1 is 1.60 bits per heavy atom. The lowest BCUT2D eigenvalue weighted by molar-refractivity contribution is 0.575. The van der Waals surface area contributed by atoms with Crippen LogP contribution in [0, 0.1) is 0 Å². The summed E-state index contributed by atoms with van der Waals surface area (Å²) < 4.78 is 16.9. The molecule has 3 heteroatoms. The van der Waals surface area contributed by atoms with Gasteiger partial charge in [0.15, 0.2) is 0 Å². The van der Waals surface area contributed by atoms with E-state index >= 15 is 0 Å². The molecule has 0 radical (unpaired) electrons. The summed E-state index contributed by atoms with van der Waals surface area (Å²) in [4.78, 5) is 4.07. The second-order valence-electron chi connectivity index (χ2n) is 2.44. The van der Waals surface area contributed by atoms with Crippen LogP contribution in [0.5, 0.6) is 0 Å². The predicted octanol–water partition coefficient (Wildman–Crippen LogP) is 1.00. The van der Waals surface area contributed by atoms with Crippen LogP contribution in [0.4, 0.5) is 0 Å². The fourth-order valence-corrected chi connectivity index (χ4v) is 1.17. The topological polar surface area (TPSA) is 30.7 Å². The summed E-state index contributed by atoms with van der Waals surface area (Å²) in [6.07, 6.45) is 2.71. The van der Waals surface area contributed by atoms with Crippen molar-refractivity contribution in [3.8, 4) is 0 Å². The van der Waals surface area contributed by atoms with E-state index in [2.05, 4.69) is 10.1 Å². The fourth-order valence-electron chi connectivity index (χ4n) is 1.17. The van der Waals surface area contributed by atoms with Crippen molar-refractivity contribution in [1.82, 2.24) is 14.8 Å². The highest BCUT2D eigenvalue weighted by molar-refractivity contribution is 4.86. The van der Waals surface area contributed by atoms with E-state index < -0.39 is 6.37 Å². The van der Waals surface area contributed by atoms with E-state index in [0.29, 0.717) is 13.0 Å². The zero-order valence-electron chi connectivity index (χ0n) is 7.75. The molecular formula is C7H11N3. The summed E-state index contributed by atoms with van der Waals surface area (Å²) in [5.41, 5.74) is 0. The zero-order chi connectivity index (χ0) is 8.60. The number of hydrogen-bond acceptors (Lipinski definition) is 2. The standard InChI is InChI=1S/C7H11N3/c1-2-4-7-8-6-9-10(7)5-3-1/h6H,1-5H2/i3D2. The average molecular weight is 139 g/mol. The van der Waals surface area contributed by atoms with Gasteiger partial charge in [0.2, 0.25) is 0 Å². The molecule has 2 rings (SSSR count). The fraction of sp³-hybridized carbons (Fsp3) is 0.714. The molecule has 0 spiro atoms. The summed E-state index contributed by atoms with van der Waals surface area (Å²) in [6, 6.07) is 0. The first-order valence-electron chi connectivity index (χ1n) is 4.54. The Kier molecular flexibility index (Phi) is 0.988. The lowest BCUT2D eigenvalue weighted by Crippen LogP contribution is -2.01. The largest absolute Gasteiger partial charge is 0.250 e. The normalized spacial score (nSPS) is 26.0. The van der Waals surface area contributed by atoms with Crippen molar-refractivity contribution in [1.29, 1.82) is 0 Å². The van der Waals surface area contributed by atoms with Crippen molar-refractivity contribution in [3.63, 3.8) is 0 Å². The minimum absolute atomic E-state index is 0.350. The van der Waals surface area contributed by atoms with Crippen molar-refractivity contribution in [3.05, 3.63) is 12.2 Å². The predicted molar refractivity (Wildman–Crippen MR) is 37.6 cm³/mol. The van der Waals surface area contributed by atoms with Crippen LogP contribution in [-0.2, 0) is 13.0 Å². The summed E-state index contributed by atoms with van der Waals surface area (Å²) >= 11 is 0. The minimum atomic E-state index is -1.11. The van der Waals surface area contributed by atoms with Gasteiger partial charge in [-0.25, -0.2) is 4.98 Å². The molecule has 2 heterocycles. The van der Waals surface area contributed by atoms with Crippen LogP contribution < -0.4 is 0 Å². The van der Waals surface area contributed by atoms with Gasteiger partial charge in [-0.1, -0.05) is 6.42 Å². The summed E-state index contributed by atoms with van der Waals surface area (Å²) in [6.45, 7) is 0.350. The van der Waals surface area contributed by atoms with Crippen LogP contribution in [-0.4, -0.2) is 14.8 Å². The molecule has 0 saturated carbocycles. The smallest absolute Gasteiger partial charge is 0.138 e. The summed E-state index contributed by atoms with van der Waals surface area (Å²) in [7, 11) is 0. The highest BCUT2D eigenvalue weighted by Crippen LogP contribution is 2.09. The maximum absolute atomic E-state index is 7.61. The Morgan fingerprint density at radius 3 is 3.60 bits per heavy atom. The maximum atomic E-state index is 7.61. The highest BCUT2D eigenvalue weighted by Gasteiger charge is 2.06. The summed E-state index contributed by atoms with van der Waals surface area (Å²) in [5.74, 6) is 0.913. The Labute approximate surface area is 62.9 Å². The molecule has 0 amide bonds. The van der Waals surface area contributed by atoms with E-state index in [1.165, 1.54) is 6.33 Å². The van der Waals surface area contributed by atoms with Gasteiger partial charge >= 0.3 is 0 Å². The first-order chi connectivity index (χ1) is 5.67. The third-order valence-electron chi connectivity index (χ3n) is 1.71. The first-order valence-corrected chi connectivity index (χ1v) is 3.54. The molecule has 1 aromatic rings. The van der Waals surface area contributed by atoms with Crippen LogP contribution in [0.15, 0.2) is 6.33 Å². The van der Waals surface area contributed by atoms with Crippen molar-refractivity contribution in [2.45, 2.75) is 32.2 Å². The van der Waals surface area contributed by atoms with Crippen LogP contribution in [0.1, 0.15) is 27.8 Å². The third kappa shape index (κ3) is 0.916. The number of hydrogen-bond donors (Lipinski definition) is 0. The highest BCUT2D eigenvalue weighted by atomic mass is 15.3. The molecule has 0 saturated heterocycles. The minimum Gasteiger partial charge on any atom is -0.250 e. The van der Waals surface area contributed by atoms with E-state index in [1.807, 2.05) is 0 Å². The van der Waals surface area contributed by atoms with Gasteiger partial charge in [-0.2, -0.15) is 5.10 Å². The van der Waals surface area contributed by atoms with E-state index in [-0.39, 0.29) is 0 Å². The Balaban J connectivity index is 2.30. The molecule has 3 nitrogen and oxygen atoms in total. The number of rotatable bonds is 0. The lowest BCUT2D eigenvalue weighted by Gasteiger charge is -1.96. The molecule has 0 aliphatic carbocycles. The molecule has 1 aliphatic heterocycles. The quantitative estimate of drug-likeness (QED) is 0.537. The number of fused-ring (bicyclic) bond motifs is 1. The second kappa shape index (κ2) is 2.40. The molecular weight excluding hydrogens is 126 g/mol. The SMILES string of the molecule is [2H]C1([2H])CCCc2ncnn2C1. The van der Waals surface area contributed by atoms with Gasteiger partial charge in [0.1, 0.15) is 12.2 Å². The van der Waals surface area contributed by atoms with Crippen molar-refractivity contribution in [2.75, 3.05) is 0 Å². The molecule has 0 aromatic carbocycles.